The van der Waals surface area contributed by atoms with E-state index >= 15 is 0 Å². The van der Waals surface area contributed by atoms with Crippen LogP contribution in [-0.4, -0.2) is 41.0 Å². The topological polar surface area (TPSA) is 119 Å². The van der Waals surface area contributed by atoms with E-state index in [2.05, 4.69) is 54.8 Å². The summed E-state index contributed by atoms with van der Waals surface area (Å²) in [6.07, 6.45) is 45.8. The van der Waals surface area contributed by atoms with Crippen LogP contribution < -0.4 is 0 Å². The number of esters is 2. The summed E-state index contributed by atoms with van der Waals surface area (Å²) in [6.45, 7) is 3.58. The minimum absolute atomic E-state index is 0.194. The standard InChI is InChI=1S/C43H79O8P/c1-3-5-7-9-11-13-15-17-19-20-21-22-24-25-27-29-31-33-35-37-42(44)49-39-41(40-50-52(46,47)48)51-43(45)38-36-34-32-30-28-26-23-18-16-14-12-10-8-6-4-2/h6,8,12,14,18,23,41H,3-5,7,9-11,13,15-17,19-22,24-40H2,1-2H3,(H2,46,47,48)/b8-6-,14-12-,23-18-/t41-/m1/s1. The van der Waals surface area contributed by atoms with Crippen molar-refractivity contribution in [1.82, 2.24) is 0 Å². The summed E-state index contributed by atoms with van der Waals surface area (Å²) in [4.78, 5) is 42.8. The van der Waals surface area contributed by atoms with Gasteiger partial charge in [0.2, 0.25) is 0 Å². The number of allylic oxidation sites excluding steroid dienone is 6. The van der Waals surface area contributed by atoms with Crippen molar-refractivity contribution >= 4 is 19.8 Å². The number of hydrogen-bond donors (Lipinski definition) is 2. The predicted octanol–water partition coefficient (Wildman–Crippen LogP) is 13.0. The molecule has 0 fully saturated rings. The molecule has 0 aliphatic carbocycles. The van der Waals surface area contributed by atoms with Crippen molar-refractivity contribution < 1.29 is 37.9 Å². The van der Waals surface area contributed by atoms with E-state index in [0.29, 0.717) is 6.42 Å². The van der Waals surface area contributed by atoms with E-state index in [4.69, 9.17) is 19.3 Å². The minimum atomic E-state index is -4.76. The van der Waals surface area contributed by atoms with Gasteiger partial charge in [-0.05, 0) is 44.9 Å². The van der Waals surface area contributed by atoms with Gasteiger partial charge in [0.05, 0.1) is 6.61 Å². The highest BCUT2D eigenvalue weighted by atomic mass is 31.2. The van der Waals surface area contributed by atoms with Gasteiger partial charge in [-0.15, -0.1) is 0 Å². The molecule has 0 unspecified atom stereocenters. The normalized spacial score (nSPS) is 12.8. The molecule has 304 valence electrons. The maximum Gasteiger partial charge on any atom is 0.469 e. The van der Waals surface area contributed by atoms with Crippen LogP contribution >= 0.6 is 7.82 Å². The molecule has 0 amide bonds. The molecule has 0 aliphatic heterocycles. The fourth-order valence-electron chi connectivity index (χ4n) is 6.04. The molecule has 0 aromatic rings. The first-order chi connectivity index (χ1) is 25.3. The monoisotopic (exact) mass is 755 g/mol. The highest BCUT2D eigenvalue weighted by Crippen LogP contribution is 2.36. The molecule has 0 bridgehead atoms. The fraction of sp³-hybridized carbons (Fsp3) is 0.814. The van der Waals surface area contributed by atoms with Crippen LogP contribution in [-0.2, 0) is 28.2 Å². The molecular formula is C43H79O8P. The second kappa shape index (κ2) is 39.0. The second-order valence-electron chi connectivity index (χ2n) is 14.3. The SMILES string of the molecule is CC/C=C\C/C=C\C/C=C\CCCCCCCC(=O)O[C@H](COC(=O)CCCCCCCCCCCCCCCCCCCCC)COP(=O)(O)O. The minimum Gasteiger partial charge on any atom is -0.462 e. The summed E-state index contributed by atoms with van der Waals surface area (Å²) >= 11 is 0. The smallest absolute Gasteiger partial charge is 0.462 e. The molecule has 0 saturated carbocycles. The third kappa shape index (κ3) is 41.0. The maximum absolute atomic E-state index is 12.4. The molecule has 0 heterocycles. The average molecular weight is 755 g/mol. The lowest BCUT2D eigenvalue weighted by Crippen LogP contribution is -2.29. The molecule has 8 nitrogen and oxygen atoms in total. The molecule has 0 aromatic heterocycles. The van der Waals surface area contributed by atoms with Crippen LogP contribution in [0.1, 0.15) is 206 Å². The summed E-state index contributed by atoms with van der Waals surface area (Å²) in [7, 11) is -4.76. The third-order valence-electron chi connectivity index (χ3n) is 9.17. The van der Waals surface area contributed by atoms with E-state index in [9.17, 15) is 14.2 Å². The van der Waals surface area contributed by atoms with Crippen LogP contribution in [0.5, 0.6) is 0 Å². The summed E-state index contributed by atoms with van der Waals surface area (Å²) < 4.78 is 26.4. The number of unbranched alkanes of at least 4 members (excludes halogenated alkanes) is 23. The number of ether oxygens (including phenoxy) is 2. The van der Waals surface area contributed by atoms with Gasteiger partial charge in [0.1, 0.15) is 6.61 Å². The lowest BCUT2D eigenvalue weighted by atomic mass is 10.0. The Kier molecular flexibility index (Phi) is 37.7. The Morgan fingerprint density at radius 2 is 0.923 bits per heavy atom. The maximum atomic E-state index is 12.4. The van der Waals surface area contributed by atoms with E-state index in [1.165, 1.54) is 103 Å². The van der Waals surface area contributed by atoms with E-state index in [-0.39, 0.29) is 19.4 Å². The van der Waals surface area contributed by atoms with Crippen LogP contribution in [0.25, 0.3) is 0 Å². The molecule has 0 aliphatic rings. The van der Waals surface area contributed by atoms with E-state index < -0.39 is 32.5 Å². The first-order valence-electron chi connectivity index (χ1n) is 21.3. The molecule has 0 radical (unpaired) electrons. The van der Waals surface area contributed by atoms with Crippen molar-refractivity contribution in [3.63, 3.8) is 0 Å². The third-order valence-corrected chi connectivity index (χ3v) is 9.66. The number of carbonyl (C=O) groups excluding carboxylic acids is 2. The average Bonchev–Trinajstić information content (AvgIpc) is 3.11. The van der Waals surface area contributed by atoms with Crippen molar-refractivity contribution in [2.45, 2.75) is 213 Å². The summed E-state index contributed by atoms with van der Waals surface area (Å²) in [5.41, 5.74) is 0. The molecule has 0 spiro atoms. The quantitative estimate of drug-likeness (QED) is 0.0275. The number of rotatable bonds is 39. The molecular weight excluding hydrogens is 675 g/mol. The molecule has 52 heavy (non-hydrogen) atoms. The van der Waals surface area contributed by atoms with Crippen molar-refractivity contribution in [3.8, 4) is 0 Å². The van der Waals surface area contributed by atoms with E-state index in [1.807, 2.05) is 0 Å². The van der Waals surface area contributed by atoms with E-state index in [1.54, 1.807) is 0 Å². The Bertz CT molecular complexity index is 941. The van der Waals surface area contributed by atoms with Gasteiger partial charge in [0.15, 0.2) is 6.10 Å². The fourth-order valence-corrected chi connectivity index (χ4v) is 6.40. The Morgan fingerprint density at radius 3 is 1.38 bits per heavy atom. The van der Waals surface area contributed by atoms with Gasteiger partial charge in [0.25, 0.3) is 0 Å². The van der Waals surface area contributed by atoms with Crippen molar-refractivity contribution in [2.75, 3.05) is 13.2 Å². The van der Waals surface area contributed by atoms with Crippen molar-refractivity contribution in [2.24, 2.45) is 0 Å². The number of phosphoric acid groups is 1. The van der Waals surface area contributed by atoms with Crippen LogP contribution in [0.2, 0.25) is 0 Å². The van der Waals surface area contributed by atoms with Gasteiger partial charge >= 0.3 is 19.8 Å². The van der Waals surface area contributed by atoms with E-state index in [0.717, 1.165) is 70.6 Å². The van der Waals surface area contributed by atoms with Gasteiger partial charge in [-0.1, -0.05) is 185 Å². The first-order valence-corrected chi connectivity index (χ1v) is 22.8. The van der Waals surface area contributed by atoms with Gasteiger partial charge in [-0.3, -0.25) is 14.1 Å². The van der Waals surface area contributed by atoms with Gasteiger partial charge in [-0.25, -0.2) is 4.57 Å². The Morgan fingerprint density at radius 1 is 0.519 bits per heavy atom. The number of hydrogen-bond acceptors (Lipinski definition) is 6. The molecule has 0 aromatic carbocycles. The Balaban J connectivity index is 3.89. The molecule has 0 rings (SSSR count). The molecule has 1 atom stereocenters. The zero-order valence-electron chi connectivity index (χ0n) is 33.5. The Hall–Kier alpha value is -1.73. The van der Waals surface area contributed by atoms with Gasteiger partial charge < -0.3 is 19.3 Å². The number of phosphoric ester groups is 1. The van der Waals surface area contributed by atoms with Crippen LogP contribution in [0.4, 0.5) is 0 Å². The van der Waals surface area contributed by atoms with Crippen molar-refractivity contribution in [1.29, 1.82) is 0 Å². The summed E-state index contributed by atoms with van der Waals surface area (Å²) in [5.74, 6) is -0.898. The first kappa shape index (κ1) is 50.3. The van der Waals surface area contributed by atoms with Crippen LogP contribution in [0, 0.1) is 0 Å². The Labute approximate surface area is 319 Å². The zero-order chi connectivity index (χ0) is 38.2. The highest BCUT2D eigenvalue weighted by Gasteiger charge is 2.22. The summed E-state index contributed by atoms with van der Waals surface area (Å²) in [6, 6.07) is 0. The molecule has 0 saturated heterocycles. The summed E-state index contributed by atoms with van der Waals surface area (Å²) in [5, 5.41) is 0. The van der Waals surface area contributed by atoms with Crippen LogP contribution in [0.15, 0.2) is 36.5 Å². The van der Waals surface area contributed by atoms with Gasteiger partial charge in [0, 0.05) is 12.8 Å². The van der Waals surface area contributed by atoms with Crippen molar-refractivity contribution in [3.05, 3.63) is 36.5 Å². The molecule has 9 heteroatoms. The molecule has 2 N–H and O–H groups in total. The highest BCUT2D eigenvalue weighted by molar-refractivity contribution is 7.46. The van der Waals surface area contributed by atoms with Gasteiger partial charge in [-0.2, -0.15) is 0 Å². The predicted molar refractivity (Wildman–Crippen MR) is 216 cm³/mol. The number of carbonyl (C=O) groups is 2. The lowest BCUT2D eigenvalue weighted by molar-refractivity contribution is -0.161. The second-order valence-corrected chi connectivity index (χ2v) is 15.5. The lowest BCUT2D eigenvalue weighted by Gasteiger charge is -2.18. The van der Waals surface area contributed by atoms with Crippen LogP contribution in [0.3, 0.4) is 0 Å². The largest absolute Gasteiger partial charge is 0.469 e. The zero-order valence-corrected chi connectivity index (χ0v) is 34.4.